The van der Waals surface area contributed by atoms with Crippen molar-refractivity contribution in [3.05, 3.63) is 53.3 Å². The van der Waals surface area contributed by atoms with Gasteiger partial charge in [0.2, 0.25) is 5.13 Å². The average Bonchev–Trinajstić information content (AvgIpc) is 3.31. The molecule has 0 spiro atoms. The van der Waals surface area contributed by atoms with E-state index >= 15 is 0 Å². The van der Waals surface area contributed by atoms with Crippen molar-refractivity contribution in [1.82, 2.24) is 15.1 Å². The van der Waals surface area contributed by atoms with Crippen LogP contribution in [0.5, 0.6) is 0 Å². The number of aromatic nitrogens is 2. The summed E-state index contributed by atoms with van der Waals surface area (Å²) in [5.41, 5.74) is 2.79. The van der Waals surface area contributed by atoms with Gasteiger partial charge in [0, 0.05) is 12.1 Å². The number of amides is 1. The zero-order valence-electron chi connectivity index (χ0n) is 15.3. The predicted octanol–water partition coefficient (Wildman–Crippen LogP) is 4.34. The van der Waals surface area contributed by atoms with Crippen LogP contribution in [0.25, 0.3) is 10.8 Å². The van der Waals surface area contributed by atoms with E-state index in [4.69, 9.17) is 4.42 Å². The average molecular weight is 382 g/mol. The number of aryl methyl sites for hydroxylation is 1. The second kappa shape index (κ2) is 8.02. The number of hydrogen-bond donors (Lipinski definition) is 1. The van der Waals surface area contributed by atoms with Gasteiger partial charge < -0.3 is 4.42 Å². The first-order valence-corrected chi connectivity index (χ1v) is 10.0. The Morgan fingerprint density at radius 1 is 1.22 bits per heavy atom. The summed E-state index contributed by atoms with van der Waals surface area (Å²) in [4.78, 5) is 15.1. The molecule has 1 saturated heterocycles. The molecule has 6 nitrogen and oxygen atoms in total. The van der Waals surface area contributed by atoms with E-state index in [1.54, 1.807) is 6.26 Å². The summed E-state index contributed by atoms with van der Waals surface area (Å²) < 4.78 is 5.43. The molecule has 3 aromatic rings. The number of benzene rings is 1. The summed E-state index contributed by atoms with van der Waals surface area (Å²) in [5.74, 6) is 0.519. The second-order valence-corrected chi connectivity index (χ2v) is 7.81. The fourth-order valence-electron chi connectivity index (χ4n) is 3.31. The highest BCUT2D eigenvalue weighted by atomic mass is 32.1. The van der Waals surface area contributed by atoms with Gasteiger partial charge in [0.1, 0.15) is 0 Å². The molecule has 0 radical (unpaired) electrons. The molecule has 27 heavy (non-hydrogen) atoms. The molecule has 1 aliphatic rings. The van der Waals surface area contributed by atoms with E-state index in [1.807, 2.05) is 31.2 Å². The largest absolute Gasteiger partial charge is 0.461 e. The molecule has 1 amide bonds. The molecule has 1 aromatic carbocycles. The van der Waals surface area contributed by atoms with Crippen molar-refractivity contribution in [2.24, 2.45) is 0 Å². The smallest absolute Gasteiger partial charge is 0.257 e. The molecular formula is C20H22N4O2S. The molecule has 0 aliphatic carbocycles. The Morgan fingerprint density at radius 2 is 2.07 bits per heavy atom. The zero-order chi connectivity index (χ0) is 18.6. The Kier molecular flexibility index (Phi) is 5.31. The molecule has 0 unspecified atom stereocenters. The van der Waals surface area contributed by atoms with Crippen LogP contribution in [0.4, 0.5) is 5.13 Å². The van der Waals surface area contributed by atoms with E-state index in [0.717, 1.165) is 30.8 Å². The Morgan fingerprint density at radius 3 is 2.85 bits per heavy atom. The molecule has 0 bridgehead atoms. The first-order chi connectivity index (χ1) is 13.2. The third-order valence-electron chi connectivity index (χ3n) is 4.75. The number of anilines is 1. The van der Waals surface area contributed by atoms with Gasteiger partial charge in [-0.3, -0.25) is 15.0 Å². The van der Waals surface area contributed by atoms with Gasteiger partial charge in [-0.05, 0) is 62.2 Å². The third-order valence-corrected chi connectivity index (χ3v) is 5.58. The summed E-state index contributed by atoms with van der Waals surface area (Å²) in [7, 11) is 0. The maximum Gasteiger partial charge on any atom is 0.257 e. The summed E-state index contributed by atoms with van der Waals surface area (Å²) >= 11 is 1.30. The van der Waals surface area contributed by atoms with Gasteiger partial charge in [0.25, 0.3) is 5.91 Å². The van der Waals surface area contributed by atoms with E-state index in [1.165, 1.54) is 30.6 Å². The van der Waals surface area contributed by atoms with Gasteiger partial charge in [-0.2, -0.15) is 0 Å². The normalized spacial score (nSPS) is 15.0. The summed E-state index contributed by atoms with van der Waals surface area (Å²) in [6.45, 7) is 5.11. The van der Waals surface area contributed by atoms with Crippen molar-refractivity contribution in [3.63, 3.8) is 0 Å². The molecule has 1 N–H and O–H groups in total. The van der Waals surface area contributed by atoms with Gasteiger partial charge in [-0.1, -0.05) is 29.9 Å². The van der Waals surface area contributed by atoms with E-state index in [0.29, 0.717) is 21.5 Å². The Bertz CT molecular complexity index is 927. The molecule has 3 heterocycles. The quantitative estimate of drug-likeness (QED) is 0.710. The second-order valence-electron chi connectivity index (χ2n) is 6.84. The first-order valence-electron chi connectivity index (χ1n) is 9.20. The fourth-order valence-corrected chi connectivity index (χ4v) is 4.11. The molecule has 1 fully saturated rings. The van der Waals surface area contributed by atoms with Crippen LogP contribution in [0.2, 0.25) is 0 Å². The van der Waals surface area contributed by atoms with Crippen LogP contribution in [0, 0.1) is 6.92 Å². The number of furan rings is 1. The van der Waals surface area contributed by atoms with E-state index in [9.17, 15) is 4.79 Å². The molecular weight excluding hydrogens is 360 g/mol. The van der Waals surface area contributed by atoms with Gasteiger partial charge in [-0.15, -0.1) is 10.2 Å². The summed E-state index contributed by atoms with van der Waals surface area (Å²) in [5, 5.41) is 12.1. The van der Waals surface area contributed by atoms with Crippen molar-refractivity contribution < 1.29 is 9.21 Å². The van der Waals surface area contributed by atoms with Crippen molar-refractivity contribution in [3.8, 4) is 10.8 Å². The van der Waals surface area contributed by atoms with Crippen molar-refractivity contribution in [1.29, 1.82) is 0 Å². The monoisotopic (exact) mass is 382 g/mol. The minimum atomic E-state index is -0.172. The Balaban J connectivity index is 1.43. The lowest BCUT2D eigenvalue weighted by Gasteiger charge is -2.26. The minimum absolute atomic E-state index is 0.172. The van der Waals surface area contributed by atoms with Gasteiger partial charge in [0.05, 0.1) is 6.26 Å². The molecule has 7 heteroatoms. The molecule has 1 aliphatic heterocycles. The molecule has 0 saturated carbocycles. The summed E-state index contributed by atoms with van der Waals surface area (Å²) in [6.07, 6.45) is 5.46. The van der Waals surface area contributed by atoms with Crippen LogP contribution >= 0.6 is 11.3 Å². The van der Waals surface area contributed by atoms with Gasteiger partial charge in [-0.25, -0.2) is 0 Å². The van der Waals surface area contributed by atoms with Crippen LogP contribution in [0.15, 0.2) is 41.0 Å². The lowest BCUT2D eigenvalue weighted by Crippen LogP contribution is -2.29. The number of rotatable bonds is 5. The number of likely N-dealkylation sites (tertiary alicyclic amines) is 1. The maximum absolute atomic E-state index is 12.6. The van der Waals surface area contributed by atoms with Crippen molar-refractivity contribution >= 4 is 22.4 Å². The number of piperidine rings is 1. The number of carbonyl (C=O) groups excluding carboxylic acids is 1. The predicted molar refractivity (Wildman–Crippen MR) is 106 cm³/mol. The van der Waals surface area contributed by atoms with Crippen LogP contribution in [0.3, 0.4) is 0 Å². The van der Waals surface area contributed by atoms with E-state index < -0.39 is 0 Å². The SMILES string of the molecule is Cc1ccoc1-c1nnc(NC(=O)c2cccc(CN3CCCCC3)c2)s1. The summed E-state index contributed by atoms with van der Waals surface area (Å²) in [6, 6.07) is 9.68. The minimum Gasteiger partial charge on any atom is -0.461 e. The van der Waals surface area contributed by atoms with Crippen molar-refractivity contribution in [2.75, 3.05) is 18.4 Å². The van der Waals surface area contributed by atoms with Crippen LogP contribution < -0.4 is 5.32 Å². The number of nitrogens with one attached hydrogen (secondary N) is 1. The lowest BCUT2D eigenvalue weighted by atomic mass is 10.1. The standard InChI is InChI=1S/C20H22N4O2S/c1-14-8-11-26-17(14)19-22-23-20(27-19)21-18(25)16-7-5-6-15(12-16)13-24-9-3-2-4-10-24/h5-8,11-12H,2-4,9-10,13H2,1H3,(H,21,23,25). The molecule has 2 aromatic heterocycles. The van der Waals surface area contributed by atoms with Crippen molar-refractivity contribution in [2.45, 2.75) is 32.7 Å². The van der Waals surface area contributed by atoms with Crippen LogP contribution in [-0.2, 0) is 6.54 Å². The Hall–Kier alpha value is -2.51. The molecule has 4 rings (SSSR count). The molecule has 0 atom stereocenters. The zero-order valence-corrected chi connectivity index (χ0v) is 16.1. The lowest BCUT2D eigenvalue weighted by molar-refractivity contribution is 0.102. The maximum atomic E-state index is 12.6. The van der Waals surface area contributed by atoms with Gasteiger partial charge in [0.15, 0.2) is 10.8 Å². The Labute approximate surface area is 162 Å². The first kappa shape index (κ1) is 17.9. The number of carbonyl (C=O) groups is 1. The fraction of sp³-hybridized carbons (Fsp3) is 0.350. The number of nitrogens with zero attached hydrogens (tertiary/aromatic N) is 3. The molecule has 140 valence electrons. The van der Waals surface area contributed by atoms with Gasteiger partial charge >= 0.3 is 0 Å². The highest BCUT2D eigenvalue weighted by Gasteiger charge is 2.15. The highest BCUT2D eigenvalue weighted by molar-refractivity contribution is 7.18. The highest BCUT2D eigenvalue weighted by Crippen LogP contribution is 2.29. The van der Waals surface area contributed by atoms with Crippen LogP contribution in [-0.4, -0.2) is 34.1 Å². The van der Waals surface area contributed by atoms with Crippen LogP contribution in [0.1, 0.15) is 40.7 Å². The van der Waals surface area contributed by atoms with E-state index in [-0.39, 0.29) is 5.91 Å². The number of hydrogen-bond acceptors (Lipinski definition) is 6. The van der Waals surface area contributed by atoms with E-state index in [2.05, 4.69) is 26.5 Å². The topological polar surface area (TPSA) is 71.3 Å². The third kappa shape index (κ3) is 4.26.